The van der Waals surface area contributed by atoms with Gasteiger partial charge >= 0.3 is 19.8 Å². The van der Waals surface area contributed by atoms with Crippen LogP contribution in [0.25, 0.3) is 0 Å². The Morgan fingerprint density at radius 1 is 0.432 bits per heavy atom. The van der Waals surface area contributed by atoms with E-state index >= 15 is 0 Å². The van der Waals surface area contributed by atoms with Gasteiger partial charge in [0, 0.05) is 12.8 Å². The van der Waals surface area contributed by atoms with Crippen LogP contribution in [0.5, 0.6) is 0 Å². The minimum Gasteiger partial charge on any atom is -0.462 e. The third-order valence-electron chi connectivity index (χ3n) is 12.9. The van der Waals surface area contributed by atoms with Crippen LogP contribution in [0.15, 0.2) is 85.1 Å². The summed E-state index contributed by atoms with van der Waals surface area (Å²) in [6.07, 6.45) is 73.6. The molecule has 2 atom stereocenters. The molecule has 0 radical (unpaired) electrons. The normalized spacial score (nSPS) is 13.9. The summed E-state index contributed by atoms with van der Waals surface area (Å²) in [5.74, 6) is -0.804. The summed E-state index contributed by atoms with van der Waals surface area (Å²) >= 11 is 0. The summed E-state index contributed by atoms with van der Waals surface area (Å²) in [7, 11) is 1.47. The topological polar surface area (TPSA) is 108 Å². The number of allylic oxidation sites excluding steroid dienone is 14. The van der Waals surface area contributed by atoms with Crippen LogP contribution in [0.4, 0.5) is 0 Å². The Hall–Kier alpha value is -2.81. The van der Waals surface area contributed by atoms with Gasteiger partial charge < -0.3 is 18.9 Å². The number of likely N-dealkylation sites (N-methyl/N-ethyl adjacent to an activating group) is 1. The van der Waals surface area contributed by atoms with E-state index in [1.807, 2.05) is 21.1 Å². The lowest BCUT2D eigenvalue weighted by Crippen LogP contribution is -2.37. The van der Waals surface area contributed by atoms with Gasteiger partial charge in [0.25, 0.3) is 0 Å². The summed E-state index contributed by atoms with van der Waals surface area (Å²) in [4.78, 5) is 35.7. The zero-order valence-corrected chi connectivity index (χ0v) is 49.5. The number of esters is 2. The van der Waals surface area contributed by atoms with E-state index in [9.17, 15) is 19.0 Å². The molecule has 0 saturated carbocycles. The predicted octanol–water partition coefficient (Wildman–Crippen LogP) is 19.0. The van der Waals surface area contributed by atoms with Crippen molar-refractivity contribution in [3.8, 4) is 0 Å². The van der Waals surface area contributed by atoms with Gasteiger partial charge in [0.1, 0.15) is 19.8 Å². The van der Waals surface area contributed by atoms with Crippen molar-refractivity contribution in [1.29, 1.82) is 0 Å². The fourth-order valence-electron chi connectivity index (χ4n) is 8.25. The highest BCUT2D eigenvalue weighted by molar-refractivity contribution is 7.47. The Morgan fingerprint density at radius 3 is 1.15 bits per heavy atom. The SMILES string of the molecule is CC/C=C\C/C=C\C/C=C\C/C=C\CCCCCCCCCCCCCCCCC(=O)OC(COC(=O)CCCCCCCCCC/C=C\C/C=C\C/C=C\CCCCCCC)COP(=O)(O)OCC[N+](C)(C)C. The Bertz CT molecular complexity index is 1520. The summed E-state index contributed by atoms with van der Waals surface area (Å²) in [5.41, 5.74) is 0. The molecule has 0 aromatic heterocycles. The van der Waals surface area contributed by atoms with Crippen LogP contribution >= 0.6 is 7.82 Å². The molecule has 10 heteroatoms. The number of ether oxygens (including phenoxy) is 2. The highest BCUT2D eigenvalue weighted by atomic mass is 31.2. The lowest BCUT2D eigenvalue weighted by atomic mass is 10.0. The third-order valence-corrected chi connectivity index (χ3v) is 13.9. The second-order valence-electron chi connectivity index (χ2n) is 21.4. The highest BCUT2D eigenvalue weighted by Gasteiger charge is 2.27. The average molecular weight is 1060 g/mol. The third kappa shape index (κ3) is 58.5. The highest BCUT2D eigenvalue weighted by Crippen LogP contribution is 2.43. The van der Waals surface area contributed by atoms with Gasteiger partial charge in [-0.2, -0.15) is 0 Å². The van der Waals surface area contributed by atoms with Crippen molar-refractivity contribution in [2.75, 3.05) is 47.5 Å². The summed E-state index contributed by atoms with van der Waals surface area (Å²) in [6.45, 7) is 4.32. The minimum absolute atomic E-state index is 0.0274. The average Bonchev–Trinajstić information content (AvgIpc) is 3.36. The number of nitrogens with zero attached hydrogens (tertiary/aromatic N) is 1. The first kappa shape index (κ1) is 71.2. The van der Waals surface area contributed by atoms with Crippen LogP contribution in [-0.2, 0) is 32.7 Å². The first-order chi connectivity index (χ1) is 36.0. The van der Waals surface area contributed by atoms with E-state index in [-0.39, 0.29) is 32.0 Å². The Kier molecular flexibility index (Phi) is 52.9. The van der Waals surface area contributed by atoms with Gasteiger partial charge in [0.2, 0.25) is 0 Å². The van der Waals surface area contributed by atoms with Crippen molar-refractivity contribution in [2.45, 2.75) is 264 Å². The van der Waals surface area contributed by atoms with Crippen molar-refractivity contribution < 1.29 is 42.1 Å². The van der Waals surface area contributed by atoms with Crippen molar-refractivity contribution in [2.24, 2.45) is 0 Å². The molecule has 0 spiro atoms. The fraction of sp³-hybridized carbons (Fsp3) is 0.750. The number of phosphoric acid groups is 1. The number of rotatable bonds is 55. The Balaban J connectivity index is 4.16. The number of hydrogen-bond acceptors (Lipinski definition) is 7. The predicted molar refractivity (Wildman–Crippen MR) is 316 cm³/mol. The standard InChI is InChI=1S/C64H114NO8P/c1-6-8-10-12-14-16-18-20-22-24-26-28-30-31-32-33-35-37-39-41-43-45-47-49-51-53-55-57-64(67)73-62(61-72-74(68,69)71-59-58-65(3,4)5)60-70-63(66)56-54-52-50-48-46-44-42-40-38-36-34-29-27-25-23-21-19-17-15-13-11-9-7-2/h8,10,14,16,19-22,25-28,34,36,62H,6-7,9,11-13,15,17-18,23-24,29-33,35,37-61H2,1-5H3/p+1/b10-8-,16-14-,21-19-,22-20-,27-25-,28-26-,36-34-. The molecule has 0 aromatic carbocycles. The minimum atomic E-state index is -4.39. The molecule has 9 nitrogen and oxygen atoms in total. The summed E-state index contributed by atoms with van der Waals surface area (Å²) in [6, 6.07) is 0. The van der Waals surface area contributed by atoms with Gasteiger partial charge in [0.05, 0.1) is 27.7 Å². The van der Waals surface area contributed by atoms with Crippen LogP contribution < -0.4 is 0 Å². The van der Waals surface area contributed by atoms with Crippen molar-refractivity contribution in [3.05, 3.63) is 85.1 Å². The molecule has 0 saturated heterocycles. The first-order valence-corrected chi connectivity index (χ1v) is 31.8. The van der Waals surface area contributed by atoms with Crippen LogP contribution in [0, 0.1) is 0 Å². The maximum Gasteiger partial charge on any atom is 0.472 e. The molecule has 74 heavy (non-hydrogen) atoms. The lowest BCUT2D eigenvalue weighted by molar-refractivity contribution is -0.870. The molecule has 1 N–H and O–H groups in total. The van der Waals surface area contributed by atoms with Gasteiger partial charge in [-0.3, -0.25) is 18.6 Å². The van der Waals surface area contributed by atoms with Gasteiger partial charge in [0.15, 0.2) is 6.10 Å². The van der Waals surface area contributed by atoms with Crippen molar-refractivity contribution in [1.82, 2.24) is 0 Å². The second-order valence-corrected chi connectivity index (χ2v) is 22.8. The molecule has 2 unspecified atom stereocenters. The largest absolute Gasteiger partial charge is 0.472 e. The summed E-state index contributed by atoms with van der Waals surface area (Å²) in [5, 5.41) is 0. The van der Waals surface area contributed by atoms with Crippen molar-refractivity contribution >= 4 is 19.8 Å². The molecular weight excluding hydrogens is 942 g/mol. The van der Waals surface area contributed by atoms with E-state index < -0.39 is 26.5 Å². The number of unbranched alkanes of at least 4 members (excludes halogenated alkanes) is 27. The number of phosphoric ester groups is 1. The quantitative estimate of drug-likeness (QED) is 0.0211. The second kappa shape index (κ2) is 55.0. The molecule has 428 valence electrons. The van der Waals surface area contributed by atoms with Gasteiger partial charge in [-0.15, -0.1) is 0 Å². The maximum absolute atomic E-state index is 12.8. The monoisotopic (exact) mass is 1060 g/mol. The van der Waals surface area contributed by atoms with E-state index in [1.165, 1.54) is 135 Å². The molecule has 0 aliphatic heterocycles. The Labute approximate surface area is 456 Å². The smallest absolute Gasteiger partial charge is 0.462 e. The molecule has 0 bridgehead atoms. The van der Waals surface area contributed by atoms with E-state index in [0.717, 1.165) is 89.9 Å². The molecule has 0 aliphatic rings. The molecule has 0 aliphatic carbocycles. The van der Waals surface area contributed by atoms with Crippen LogP contribution in [0.3, 0.4) is 0 Å². The van der Waals surface area contributed by atoms with Gasteiger partial charge in [-0.05, 0) is 89.9 Å². The molecule has 0 fully saturated rings. The molecule has 0 heterocycles. The number of hydrogen-bond donors (Lipinski definition) is 1. The van der Waals surface area contributed by atoms with E-state index in [4.69, 9.17) is 18.5 Å². The van der Waals surface area contributed by atoms with Gasteiger partial charge in [-0.25, -0.2) is 4.57 Å². The lowest BCUT2D eigenvalue weighted by Gasteiger charge is -2.24. The van der Waals surface area contributed by atoms with Crippen molar-refractivity contribution in [3.63, 3.8) is 0 Å². The number of carbonyl (C=O) groups excluding carboxylic acids is 2. The van der Waals surface area contributed by atoms with E-state index in [1.54, 1.807) is 0 Å². The van der Waals surface area contributed by atoms with Crippen LogP contribution in [-0.4, -0.2) is 74.9 Å². The van der Waals surface area contributed by atoms with Crippen LogP contribution in [0.2, 0.25) is 0 Å². The molecule has 0 amide bonds. The van der Waals surface area contributed by atoms with Crippen LogP contribution in [0.1, 0.15) is 258 Å². The molecular formula is C64H115NO8P+. The number of carbonyl (C=O) groups is 2. The fourth-order valence-corrected chi connectivity index (χ4v) is 8.99. The summed E-state index contributed by atoms with van der Waals surface area (Å²) < 4.78 is 34.6. The molecule has 0 rings (SSSR count). The van der Waals surface area contributed by atoms with Gasteiger partial charge in [-0.1, -0.05) is 240 Å². The van der Waals surface area contributed by atoms with E-state index in [2.05, 4.69) is 98.9 Å². The zero-order valence-electron chi connectivity index (χ0n) is 48.6. The Morgan fingerprint density at radius 2 is 0.770 bits per heavy atom. The maximum atomic E-state index is 12.8. The molecule has 0 aromatic rings. The number of quaternary nitrogens is 1. The van der Waals surface area contributed by atoms with E-state index in [0.29, 0.717) is 17.4 Å². The first-order valence-electron chi connectivity index (χ1n) is 30.3. The zero-order chi connectivity index (χ0) is 54.2.